The lowest BCUT2D eigenvalue weighted by Crippen LogP contribution is -2.69. The number of carbonyl (C=O) groups is 1. The van der Waals surface area contributed by atoms with Gasteiger partial charge in [-0.3, -0.25) is 4.79 Å². The minimum absolute atomic E-state index is 0.0779. The van der Waals surface area contributed by atoms with Crippen LogP contribution in [-0.2, 0) is 23.7 Å². The van der Waals surface area contributed by atoms with Crippen LogP contribution < -0.4 is 5.32 Å². The van der Waals surface area contributed by atoms with Crippen molar-refractivity contribution in [2.45, 2.75) is 56.5 Å². The van der Waals surface area contributed by atoms with Gasteiger partial charge in [-0.15, -0.1) is 0 Å². The van der Waals surface area contributed by atoms with Gasteiger partial charge in [0.05, 0.1) is 6.61 Å². The highest BCUT2D eigenvalue weighted by Crippen LogP contribution is 2.32. The van der Waals surface area contributed by atoms with Crippen LogP contribution in [0.1, 0.15) is 13.8 Å². The summed E-state index contributed by atoms with van der Waals surface area (Å²) >= 11 is 0. The third-order valence-corrected chi connectivity index (χ3v) is 3.48. The number of carbonyl (C=O) groups excluding carboxylic acids is 1. The fourth-order valence-electron chi connectivity index (χ4n) is 2.43. The molecule has 0 spiro atoms. The van der Waals surface area contributed by atoms with Crippen LogP contribution in [-0.4, -0.2) is 67.3 Å². The van der Waals surface area contributed by atoms with Gasteiger partial charge in [0.25, 0.3) is 0 Å². The van der Waals surface area contributed by atoms with Crippen molar-refractivity contribution in [3.8, 4) is 0 Å². The topological polar surface area (TPSA) is 86.2 Å². The monoisotopic (exact) mass is 329 g/mol. The van der Waals surface area contributed by atoms with Crippen molar-refractivity contribution in [2.24, 2.45) is 0 Å². The molecule has 2 rings (SSSR count). The zero-order valence-electron chi connectivity index (χ0n) is 12.2. The van der Waals surface area contributed by atoms with Gasteiger partial charge in [0.2, 0.25) is 0 Å². The highest BCUT2D eigenvalue weighted by Gasteiger charge is 2.53. The zero-order chi connectivity index (χ0) is 16.7. The highest BCUT2D eigenvalue weighted by molar-refractivity contribution is 5.82. The summed E-state index contributed by atoms with van der Waals surface area (Å²) in [5.74, 6) is -3.21. The Kier molecular flexibility index (Phi) is 4.69. The van der Waals surface area contributed by atoms with Gasteiger partial charge < -0.3 is 29.4 Å². The Labute approximate surface area is 124 Å². The second kappa shape index (κ2) is 5.93. The van der Waals surface area contributed by atoms with E-state index >= 15 is 0 Å². The number of alkyl halides is 3. The number of ether oxygens (including phenoxy) is 4. The van der Waals surface area contributed by atoms with E-state index in [1.54, 1.807) is 19.2 Å². The third-order valence-electron chi connectivity index (χ3n) is 3.48. The molecular weight excluding hydrogens is 311 g/mol. The fraction of sp³-hybridized carbons (Fsp3) is 0.917. The van der Waals surface area contributed by atoms with E-state index < -0.39 is 48.5 Å². The molecule has 128 valence electrons. The molecule has 2 fully saturated rings. The zero-order valence-corrected chi connectivity index (χ0v) is 12.2. The Morgan fingerprint density at radius 3 is 2.59 bits per heavy atom. The van der Waals surface area contributed by atoms with Gasteiger partial charge in [0.1, 0.15) is 24.4 Å². The normalized spacial score (nSPS) is 38.2. The maximum absolute atomic E-state index is 12.4. The number of amides is 1. The van der Waals surface area contributed by atoms with Gasteiger partial charge in [0.15, 0.2) is 12.1 Å². The van der Waals surface area contributed by atoms with Crippen LogP contribution >= 0.6 is 0 Å². The Hall–Kier alpha value is -0.940. The third kappa shape index (κ3) is 3.51. The maximum Gasteiger partial charge on any atom is 0.471 e. The van der Waals surface area contributed by atoms with Crippen LogP contribution in [0.4, 0.5) is 13.2 Å². The van der Waals surface area contributed by atoms with E-state index in [4.69, 9.17) is 18.9 Å². The van der Waals surface area contributed by atoms with Crippen molar-refractivity contribution < 1.29 is 42.0 Å². The molecule has 2 aliphatic heterocycles. The van der Waals surface area contributed by atoms with Crippen molar-refractivity contribution in [1.29, 1.82) is 0 Å². The average Bonchev–Trinajstić information content (AvgIpc) is 2.40. The smallest absolute Gasteiger partial charge is 0.388 e. The van der Waals surface area contributed by atoms with Gasteiger partial charge in [-0.1, -0.05) is 0 Å². The van der Waals surface area contributed by atoms with Crippen molar-refractivity contribution in [1.82, 2.24) is 5.32 Å². The largest absolute Gasteiger partial charge is 0.471 e. The molecule has 0 aromatic heterocycles. The SMILES string of the molecule is CO[C@@H]1O[C@@H]2COC(C)(C)O[C@H]2[C@H](O)[C@H]1NC(=O)C(F)(F)F. The Morgan fingerprint density at radius 1 is 1.41 bits per heavy atom. The number of methoxy groups -OCH3 is 1. The molecule has 0 unspecified atom stereocenters. The first-order chi connectivity index (χ1) is 10.0. The number of nitrogens with one attached hydrogen (secondary N) is 1. The molecule has 0 bridgehead atoms. The van der Waals surface area contributed by atoms with E-state index in [2.05, 4.69) is 0 Å². The minimum Gasteiger partial charge on any atom is -0.388 e. The first-order valence-corrected chi connectivity index (χ1v) is 6.61. The Balaban J connectivity index is 2.16. The van der Waals surface area contributed by atoms with Gasteiger partial charge in [0, 0.05) is 7.11 Å². The molecule has 0 aliphatic carbocycles. The number of hydrogen-bond donors (Lipinski definition) is 2. The second-order valence-electron chi connectivity index (χ2n) is 5.56. The van der Waals surface area contributed by atoms with E-state index in [0.29, 0.717) is 0 Å². The quantitative estimate of drug-likeness (QED) is 0.737. The lowest BCUT2D eigenvalue weighted by atomic mass is 9.95. The molecule has 10 heteroatoms. The molecule has 5 atom stereocenters. The maximum atomic E-state index is 12.4. The van der Waals surface area contributed by atoms with Crippen molar-refractivity contribution in [3.63, 3.8) is 0 Å². The van der Waals surface area contributed by atoms with E-state index in [1.165, 1.54) is 7.11 Å². The van der Waals surface area contributed by atoms with Gasteiger partial charge in [-0.05, 0) is 13.8 Å². The molecule has 2 heterocycles. The summed E-state index contributed by atoms with van der Waals surface area (Å²) in [5.41, 5.74) is 0. The molecule has 7 nitrogen and oxygen atoms in total. The molecule has 2 saturated heterocycles. The van der Waals surface area contributed by atoms with Gasteiger partial charge >= 0.3 is 12.1 Å². The molecule has 1 amide bonds. The van der Waals surface area contributed by atoms with Crippen LogP contribution in [0.2, 0.25) is 0 Å². The molecule has 0 saturated carbocycles. The molecular formula is C12H18F3NO6. The van der Waals surface area contributed by atoms with Crippen molar-refractivity contribution in [3.05, 3.63) is 0 Å². The van der Waals surface area contributed by atoms with E-state index in [-0.39, 0.29) is 6.61 Å². The van der Waals surface area contributed by atoms with Crippen molar-refractivity contribution in [2.75, 3.05) is 13.7 Å². The first-order valence-electron chi connectivity index (χ1n) is 6.61. The summed E-state index contributed by atoms with van der Waals surface area (Å²) in [7, 11) is 1.19. The van der Waals surface area contributed by atoms with Crippen LogP contribution in [0.25, 0.3) is 0 Å². The predicted molar refractivity (Wildman–Crippen MR) is 64.6 cm³/mol. The summed E-state index contributed by atoms with van der Waals surface area (Å²) in [5, 5.41) is 12.0. The van der Waals surface area contributed by atoms with E-state index in [0.717, 1.165) is 0 Å². The van der Waals surface area contributed by atoms with Gasteiger partial charge in [-0.25, -0.2) is 0 Å². The number of halogens is 3. The molecule has 22 heavy (non-hydrogen) atoms. The number of aliphatic hydroxyl groups excluding tert-OH is 1. The lowest BCUT2D eigenvalue weighted by molar-refractivity contribution is -0.367. The predicted octanol–water partition coefficient (Wildman–Crippen LogP) is -0.0828. The highest BCUT2D eigenvalue weighted by atomic mass is 19.4. The Morgan fingerprint density at radius 2 is 2.05 bits per heavy atom. The Bertz CT molecular complexity index is 430. The summed E-state index contributed by atoms with van der Waals surface area (Å²) in [6.07, 6.45) is -9.44. The second-order valence-corrected chi connectivity index (χ2v) is 5.56. The van der Waals surface area contributed by atoms with Crippen LogP contribution in [0.15, 0.2) is 0 Å². The average molecular weight is 329 g/mol. The van der Waals surface area contributed by atoms with E-state index in [9.17, 15) is 23.1 Å². The number of hydrogen-bond acceptors (Lipinski definition) is 6. The van der Waals surface area contributed by atoms with Gasteiger partial charge in [-0.2, -0.15) is 13.2 Å². The number of rotatable bonds is 2. The first kappa shape index (κ1) is 17.4. The van der Waals surface area contributed by atoms with Crippen LogP contribution in [0, 0.1) is 0 Å². The molecule has 2 aliphatic rings. The summed E-state index contributed by atoms with van der Waals surface area (Å²) in [4.78, 5) is 11.1. The van der Waals surface area contributed by atoms with Crippen molar-refractivity contribution >= 4 is 5.91 Å². The van der Waals surface area contributed by atoms with Crippen LogP contribution in [0.5, 0.6) is 0 Å². The molecule has 0 radical (unpaired) electrons. The minimum atomic E-state index is -5.08. The summed E-state index contributed by atoms with van der Waals surface area (Å²) < 4.78 is 58.4. The molecule has 0 aromatic carbocycles. The van der Waals surface area contributed by atoms with Crippen LogP contribution in [0.3, 0.4) is 0 Å². The standard InChI is InChI=1S/C12H18F3NO6/c1-11(2)20-4-5-8(22-11)7(17)6(9(19-3)21-5)16-10(18)12(13,14)15/h5-9,17H,4H2,1-3H3,(H,16,18)/t5-,6-,7-,8-,9-/m1/s1. The number of aliphatic hydroxyl groups is 1. The molecule has 2 N–H and O–H groups in total. The fourth-order valence-corrected chi connectivity index (χ4v) is 2.43. The summed E-state index contributed by atoms with van der Waals surface area (Å²) in [6.45, 7) is 3.28. The molecule has 0 aromatic rings. The lowest BCUT2D eigenvalue weighted by Gasteiger charge is -2.49. The summed E-state index contributed by atoms with van der Waals surface area (Å²) in [6, 6.07) is -1.42. The van der Waals surface area contributed by atoms with E-state index in [1.807, 2.05) is 0 Å². The number of fused-ring (bicyclic) bond motifs is 1.